The van der Waals surface area contributed by atoms with Crippen molar-refractivity contribution in [2.24, 2.45) is 0 Å². The Morgan fingerprint density at radius 3 is 2.11 bits per heavy atom. The van der Waals surface area contributed by atoms with Crippen molar-refractivity contribution in [3.63, 3.8) is 0 Å². The van der Waals surface area contributed by atoms with Gasteiger partial charge in [0.05, 0.1) is 84.6 Å². The highest BCUT2D eigenvalue weighted by Gasteiger charge is 2.15. The fourth-order valence-corrected chi connectivity index (χ4v) is 3.33. The van der Waals surface area contributed by atoms with Gasteiger partial charge in [0.2, 0.25) is 5.91 Å². The van der Waals surface area contributed by atoms with E-state index >= 15 is 0 Å². The lowest BCUT2D eigenvalue weighted by Gasteiger charge is -2.27. The zero-order valence-electron chi connectivity index (χ0n) is 20.5. The minimum Gasteiger partial charge on any atom is -0.379 e. The van der Waals surface area contributed by atoms with Crippen molar-refractivity contribution < 1.29 is 23.7 Å². The van der Waals surface area contributed by atoms with E-state index in [4.69, 9.17) is 31.8 Å². The van der Waals surface area contributed by atoms with Gasteiger partial charge in [0.25, 0.3) is 0 Å². The minimum atomic E-state index is 0.151. The van der Waals surface area contributed by atoms with E-state index in [2.05, 4.69) is 27.5 Å². The van der Waals surface area contributed by atoms with Gasteiger partial charge < -0.3 is 29.2 Å². The zero-order valence-corrected chi connectivity index (χ0v) is 20.5. The number of rotatable bonds is 19. The Morgan fingerprint density at radius 2 is 1.51 bits per heavy atom. The zero-order chi connectivity index (χ0) is 25.0. The van der Waals surface area contributed by atoms with E-state index in [0.717, 1.165) is 31.9 Å². The smallest absolute Gasteiger partial charge is 0.224 e. The molecule has 0 spiro atoms. The van der Waals surface area contributed by atoms with Crippen LogP contribution in [0.15, 0.2) is 6.20 Å². The molecular formula is C24H38N6O5. The molecule has 1 N–H and O–H groups in total. The highest BCUT2D eigenvalue weighted by molar-refractivity contribution is 5.76. The second kappa shape index (κ2) is 18.8. The summed E-state index contributed by atoms with van der Waals surface area (Å²) < 4.78 is 23.7. The third kappa shape index (κ3) is 13.2. The summed E-state index contributed by atoms with van der Waals surface area (Å²) in [5, 5.41) is 11.5. The second-order valence-corrected chi connectivity index (χ2v) is 7.86. The van der Waals surface area contributed by atoms with Crippen LogP contribution in [0.2, 0.25) is 0 Å². The molecule has 2 rings (SSSR count). The number of terminal acetylenes is 2. The summed E-state index contributed by atoms with van der Waals surface area (Å²) in [7, 11) is 0. The SMILES string of the molecule is C#CCN(CC#C)Cc1cn(CCOCCOCCOCCOCCC(=O)N2CCNCC2)nn1. The van der Waals surface area contributed by atoms with Gasteiger partial charge in [-0.2, -0.15) is 0 Å². The summed E-state index contributed by atoms with van der Waals surface area (Å²) in [5.74, 6) is 5.33. The molecule has 0 radical (unpaired) electrons. The predicted molar refractivity (Wildman–Crippen MR) is 130 cm³/mol. The summed E-state index contributed by atoms with van der Waals surface area (Å²) >= 11 is 0. The van der Waals surface area contributed by atoms with Gasteiger partial charge in [-0.25, -0.2) is 4.68 Å². The highest BCUT2D eigenvalue weighted by Crippen LogP contribution is 2.00. The number of hydrogen-bond acceptors (Lipinski definition) is 9. The van der Waals surface area contributed by atoms with Crippen LogP contribution in [-0.4, -0.2) is 123 Å². The van der Waals surface area contributed by atoms with Crippen LogP contribution >= 0.6 is 0 Å². The third-order valence-electron chi connectivity index (χ3n) is 5.11. The summed E-state index contributed by atoms with van der Waals surface area (Å²) in [5.41, 5.74) is 0.813. The molecule has 0 aliphatic carbocycles. The number of aromatic nitrogens is 3. The molecule has 1 fully saturated rings. The van der Waals surface area contributed by atoms with Gasteiger partial charge in [-0.15, -0.1) is 17.9 Å². The molecule has 35 heavy (non-hydrogen) atoms. The van der Waals surface area contributed by atoms with Crippen molar-refractivity contribution in [1.29, 1.82) is 0 Å². The number of nitrogens with one attached hydrogen (secondary N) is 1. The first-order valence-corrected chi connectivity index (χ1v) is 12.0. The number of carbonyl (C=O) groups excluding carboxylic acids is 1. The number of piperazine rings is 1. The fraction of sp³-hybridized carbons (Fsp3) is 0.708. The number of nitrogens with zero attached hydrogens (tertiary/aromatic N) is 5. The number of amides is 1. The molecule has 194 valence electrons. The molecule has 1 amide bonds. The predicted octanol–water partition coefficient (Wildman–Crippen LogP) is -0.765. The molecule has 1 aromatic rings. The number of carbonyl (C=O) groups is 1. The van der Waals surface area contributed by atoms with Crippen LogP contribution in [0, 0.1) is 24.7 Å². The molecular weight excluding hydrogens is 452 g/mol. The van der Waals surface area contributed by atoms with Gasteiger partial charge in [0.15, 0.2) is 0 Å². The molecule has 11 nitrogen and oxygen atoms in total. The van der Waals surface area contributed by atoms with Gasteiger partial charge in [0.1, 0.15) is 0 Å². The first-order chi connectivity index (χ1) is 17.2. The van der Waals surface area contributed by atoms with Crippen molar-refractivity contribution in [3.05, 3.63) is 11.9 Å². The van der Waals surface area contributed by atoms with E-state index < -0.39 is 0 Å². The molecule has 1 aromatic heterocycles. The third-order valence-corrected chi connectivity index (χ3v) is 5.11. The molecule has 1 aliphatic heterocycles. The summed E-state index contributed by atoms with van der Waals surface area (Å²) in [6, 6.07) is 0. The normalized spacial score (nSPS) is 13.6. The van der Waals surface area contributed by atoms with E-state index in [-0.39, 0.29) is 5.91 Å². The Hall–Kier alpha value is -2.51. The standard InChI is InChI=1S/C24H38N6O5/c1-3-8-28(9-4-2)21-23-22-30(27-26-23)12-14-33-16-18-35-20-19-34-17-15-32-13-5-24(31)29-10-6-25-7-11-29/h1-2,22,25H,5-21H2. The largest absolute Gasteiger partial charge is 0.379 e. The molecule has 0 unspecified atom stereocenters. The monoisotopic (exact) mass is 490 g/mol. The van der Waals surface area contributed by atoms with Crippen LogP contribution in [0.1, 0.15) is 12.1 Å². The average molecular weight is 491 g/mol. The Labute approximate surface area is 208 Å². The first kappa shape index (κ1) is 28.7. The van der Waals surface area contributed by atoms with Gasteiger partial charge >= 0.3 is 0 Å². The van der Waals surface area contributed by atoms with Crippen molar-refractivity contribution >= 4 is 5.91 Å². The second-order valence-electron chi connectivity index (χ2n) is 7.86. The quantitative estimate of drug-likeness (QED) is 0.198. The van der Waals surface area contributed by atoms with Crippen molar-refractivity contribution in [3.8, 4) is 24.7 Å². The van der Waals surface area contributed by atoms with Gasteiger partial charge in [0, 0.05) is 38.9 Å². The lowest BCUT2D eigenvalue weighted by Crippen LogP contribution is -2.46. The Morgan fingerprint density at radius 1 is 0.943 bits per heavy atom. The molecule has 1 saturated heterocycles. The molecule has 0 saturated carbocycles. The summed E-state index contributed by atoms with van der Waals surface area (Å²) in [6.07, 6.45) is 13.0. The van der Waals surface area contributed by atoms with Gasteiger partial charge in [-0.05, 0) is 0 Å². The van der Waals surface area contributed by atoms with Crippen LogP contribution in [0.4, 0.5) is 0 Å². The van der Waals surface area contributed by atoms with Crippen LogP contribution in [0.25, 0.3) is 0 Å². The first-order valence-electron chi connectivity index (χ1n) is 12.0. The van der Waals surface area contributed by atoms with Gasteiger partial charge in [-0.1, -0.05) is 17.1 Å². The Bertz CT molecular complexity index is 768. The van der Waals surface area contributed by atoms with E-state index in [0.29, 0.717) is 85.5 Å². The van der Waals surface area contributed by atoms with Crippen LogP contribution in [0.3, 0.4) is 0 Å². The number of hydrogen-bond donors (Lipinski definition) is 1. The van der Waals surface area contributed by atoms with E-state index in [1.165, 1.54) is 0 Å². The van der Waals surface area contributed by atoms with Gasteiger partial charge in [-0.3, -0.25) is 9.69 Å². The lowest BCUT2D eigenvalue weighted by molar-refractivity contribution is -0.133. The van der Waals surface area contributed by atoms with Crippen LogP contribution in [-0.2, 0) is 36.8 Å². The van der Waals surface area contributed by atoms with E-state index in [1.807, 2.05) is 16.0 Å². The maximum Gasteiger partial charge on any atom is 0.224 e. The number of ether oxygens (including phenoxy) is 4. The van der Waals surface area contributed by atoms with E-state index in [9.17, 15) is 4.79 Å². The maximum absolute atomic E-state index is 12.0. The summed E-state index contributed by atoms with van der Waals surface area (Å²) in [6.45, 7) is 9.21. The average Bonchev–Trinajstić information content (AvgIpc) is 3.32. The van der Waals surface area contributed by atoms with Crippen molar-refractivity contribution in [2.45, 2.75) is 19.5 Å². The molecule has 1 aliphatic rings. The van der Waals surface area contributed by atoms with Crippen LogP contribution < -0.4 is 5.32 Å². The van der Waals surface area contributed by atoms with Crippen LogP contribution in [0.5, 0.6) is 0 Å². The Balaban J connectivity index is 1.35. The lowest BCUT2D eigenvalue weighted by atomic mass is 10.3. The minimum absolute atomic E-state index is 0.151. The van der Waals surface area contributed by atoms with E-state index in [1.54, 1.807) is 4.68 Å². The molecule has 2 heterocycles. The molecule has 0 bridgehead atoms. The Kier molecular flexibility index (Phi) is 15.4. The van der Waals surface area contributed by atoms with Crippen molar-refractivity contribution in [2.75, 3.05) is 92.1 Å². The topological polar surface area (TPSA) is 103 Å². The highest BCUT2D eigenvalue weighted by atomic mass is 16.6. The fourth-order valence-electron chi connectivity index (χ4n) is 3.33. The summed E-state index contributed by atoms with van der Waals surface area (Å²) in [4.78, 5) is 15.8. The van der Waals surface area contributed by atoms with Crippen molar-refractivity contribution in [1.82, 2.24) is 30.1 Å². The molecule has 0 atom stereocenters. The molecule has 11 heteroatoms. The molecule has 0 aromatic carbocycles. The maximum atomic E-state index is 12.0.